The average molecular weight is 404 g/mol. The Morgan fingerprint density at radius 1 is 1.07 bits per heavy atom. The molecule has 1 amide bonds. The summed E-state index contributed by atoms with van der Waals surface area (Å²) in [6.07, 6.45) is 4.58. The summed E-state index contributed by atoms with van der Waals surface area (Å²) in [5.41, 5.74) is 3.31. The Morgan fingerprint density at radius 3 is 2.43 bits per heavy atom. The van der Waals surface area contributed by atoms with Crippen molar-refractivity contribution in [3.05, 3.63) is 78.1 Å². The van der Waals surface area contributed by atoms with E-state index in [1.165, 1.54) is 11.8 Å². The van der Waals surface area contributed by atoms with Gasteiger partial charge in [-0.3, -0.25) is 4.79 Å². The number of carbonyl (C=O) groups is 1. The van der Waals surface area contributed by atoms with E-state index in [4.69, 9.17) is 4.52 Å². The highest BCUT2D eigenvalue weighted by atomic mass is 16.5. The Balaban J connectivity index is 1.54. The molecule has 4 rings (SSSR count). The summed E-state index contributed by atoms with van der Waals surface area (Å²) in [7, 11) is 2.16. The van der Waals surface area contributed by atoms with Crippen molar-refractivity contribution in [1.29, 1.82) is 0 Å². The lowest BCUT2D eigenvalue weighted by molar-refractivity contribution is 0.0700. The predicted octanol–water partition coefficient (Wildman–Crippen LogP) is 4.37. The zero-order valence-electron chi connectivity index (χ0n) is 17.5. The number of piperidine rings is 1. The second-order valence-corrected chi connectivity index (χ2v) is 8.18. The average Bonchev–Trinajstić information content (AvgIpc) is 3.29. The van der Waals surface area contributed by atoms with Gasteiger partial charge < -0.3 is 14.3 Å². The molecule has 2 aromatic carbocycles. The number of carbonyl (C=O) groups excluding carboxylic acids is 1. The molecule has 1 aromatic heterocycles. The molecule has 0 N–H and O–H groups in total. The third kappa shape index (κ3) is 4.97. The summed E-state index contributed by atoms with van der Waals surface area (Å²) < 4.78 is 5.23. The lowest BCUT2D eigenvalue weighted by atomic mass is 9.96. The van der Waals surface area contributed by atoms with Gasteiger partial charge in [0.15, 0.2) is 0 Å². The summed E-state index contributed by atoms with van der Waals surface area (Å²) in [4.78, 5) is 17.9. The molecule has 1 aliphatic heterocycles. The fraction of sp³-hybridized carbons (Fsp3) is 0.360. The van der Waals surface area contributed by atoms with Crippen molar-refractivity contribution in [2.45, 2.75) is 19.3 Å². The molecule has 0 unspecified atom stereocenters. The zero-order valence-corrected chi connectivity index (χ0v) is 17.5. The highest BCUT2D eigenvalue weighted by Gasteiger charge is 2.26. The molecule has 156 valence electrons. The summed E-state index contributed by atoms with van der Waals surface area (Å²) >= 11 is 0. The van der Waals surface area contributed by atoms with Gasteiger partial charge in [0.05, 0.1) is 0 Å². The Bertz CT molecular complexity index is 931. The fourth-order valence-corrected chi connectivity index (χ4v) is 4.10. The molecule has 0 spiro atoms. The fourth-order valence-electron chi connectivity index (χ4n) is 4.10. The largest absolute Gasteiger partial charge is 0.363 e. The van der Waals surface area contributed by atoms with Crippen LogP contribution in [0, 0.1) is 5.92 Å². The Morgan fingerprint density at radius 2 is 1.73 bits per heavy atom. The van der Waals surface area contributed by atoms with Gasteiger partial charge in [0.2, 0.25) is 0 Å². The van der Waals surface area contributed by atoms with Gasteiger partial charge in [-0.2, -0.15) is 0 Å². The van der Waals surface area contributed by atoms with Gasteiger partial charge in [-0.25, -0.2) is 0 Å². The molecule has 5 nitrogen and oxygen atoms in total. The first-order valence-electron chi connectivity index (χ1n) is 10.7. The minimum absolute atomic E-state index is 0.00459. The lowest BCUT2D eigenvalue weighted by Gasteiger charge is -2.33. The first kappa shape index (κ1) is 20.4. The molecule has 1 saturated heterocycles. The number of hydrogen-bond donors (Lipinski definition) is 0. The minimum atomic E-state index is 0.00459. The summed E-state index contributed by atoms with van der Waals surface area (Å²) in [6.45, 7) is 3.65. The van der Waals surface area contributed by atoms with Crippen molar-refractivity contribution in [1.82, 2.24) is 15.0 Å². The normalized spacial score (nSPS) is 15.2. The topological polar surface area (TPSA) is 49.6 Å². The minimum Gasteiger partial charge on any atom is -0.363 e. The number of likely N-dealkylation sites (tertiary alicyclic amines) is 1. The highest BCUT2D eigenvalue weighted by molar-refractivity contribution is 5.99. The second-order valence-electron chi connectivity index (χ2n) is 8.18. The SMILES string of the molecule is CN1CCC(CN(CCc2ccccc2)C(=O)c2conc2-c2ccccc2)CC1. The third-order valence-electron chi connectivity index (χ3n) is 5.96. The van der Waals surface area contributed by atoms with Crippen LogP contribution in [0.15, 0.2) is 71.4 Å². The van der Waals surface area contributed by atoms with E-state index in [1.54, 1.807) is 0 Å². The van der Waals surface area contributed by atoms with E-state index in [0.717, 1.165) is 44.5 Å². The predicted molar refractivity (Wildman–Crippen MR) is 118 cm³/mol. The summed E-state index contributed by atoms with van der Waals surface area (Å²) in [5, 5.41) is 4.14. The van der Waals surface area contributed by atoms with E-state index < -0.39 is 0 Å². The number of benzene rings is 2. The molecule has 0 aliphatic carbocycles. The molecule has 2 heterocycles. The van der Waals surface area contributed by atoms with Crippen LogP contribution in [-0.4, -0.2) is 54.1 Å². The van der Waals surface area contributed by atoms with Gasteiger partial charge in [-0.15, -0.1) is 0 Å². The van der Waals surface area contributed by atoms with Gasteiger partial charge in [-0.1, -0.05) is 65.8 Å². The van der Waals surface area contributed by atoms with Crippen LogP contribution in [0.25, 0.3) is 11.3 Å². The molecular formula is C25H29N3O2. The Hall–Kier alpha value is -2.92. The molecule has 3 aromatic rings. The van der Waals surface area contributed by atoms with E-state index in [2.05, 4.69) is 29.2 Å². The van der Waals surface area contributed by atoms with Crippen LogP contribution in [0.2, 0.25) is 0 Å². The molecule has 0 saturated carbocycles. The van der Waals surface area contributed by atoms with Crippen molar-refractivity contribution in [2.75, 3.05) is 33.2 Å². The maximum absolute atomic E-state index is 13.6. The Labute approximate surface area is 178 Å². The quantitative estimate of drug-likeness (QED) is 0.588. The zero-order chi connectivity index (χ0) is 20.8. The van der Waals surface area contributed by atoms with Crippen LogP contribution in [0.4, 0.5) is 0 Å². The molecule has 30 heavy (non-hydrogen) atoms. The van der Waals surface area contributed by atoms with Crippen molar-refractivity contribution in [2.24, 2.45) is 5.92 Å². The third-order valence-corrected chi connectivity index (χ3v) is 5.96. The number of rotatable bonds is 7. The number of nitrogens with zero attached hydrogens (tertiary/aromatic N) is 3. The molecule has 5 heteroatoms. The Kier molecular flexibility index (Phi) is 6.60. The van der Waals surface area contributed by atoms with Crippen molar-refractivity contribution in [3.8, 4) is 11.3 Å². The molecule has 0 bridgehead atoms. The van der Waals surface area contributed by atoms with Crippen molar-refractivity contribution in [3.63, 3.8) is 0 Å². The molecule has 0 atom stereocenters. The van der Waals surface area contributed by atoms with E-state index in [0.29, 0.717) is 23.7 Å². The summed E-state index contributed by atoms with van der Waals surface area (Å²) in [5.74, 6) is 0.533. The first-order valence-corrected chi connectivity index (χ1v) is 10.7. The van der Waals surface area contributed by atoms with Crippen LogP contribution < -0.4 is 0 Å². The number of hydrogen-bond acceptors (Lipinski definition) is 4. The van der Waals surface area contributed by atoms with Crippen LogP contribution >= 0.6 is 0 Å². The van der Waals surface area contributed by atoms with E-state index in [9.17, 15) is 4.79 Å². The maximum atomic E-state index is 13.6. The van der Waals surface area contributed by atoms with Crippen LogP contribution in [-0.2, 0) is 6.42 Å². The molecule has 1 aliphatic rings. The standard InChI is InChI=1S/C25H29N3O2/c1-27-15-12-21(13-16-27)18-28(17-14-20-8-4-2-5-9-20)25(29)23-19-30-26-24(23)22-10-6-3-7-11-22/h2-11,19,21H,12-18H2,1H3. The maximum Gasteiger partial charge on any atom is 0.259 e. The smallest absolute Gasteiger partial charge is 0.259 e. The van der Waals surface area contributed by atoms with Gasteiger partial charge in [0.25, 0.3) is 5.91 Å². The number of aromatic nitrogens is 1. The lowest BCUT2D eigenvalue weighted by Crippen LogP contribution is -2.40. The second kappa shape index (κ2) is 9.72. The van der Waals surface area contributed by atoms with Gasteiger partial charge >= 0.3 is 0 Å². The first-order chi connectivity index (χ1) is 14.7. The van der Waals surface area contributed by atoms with Gasteiger partial charge in [0.1, 0.15) is 17.5 Å². The van der Waals surface area contributed by atoms with Crippen LogP contribution in [0.5, 0.6) is 0 Å². The van der Waals surface area contributed by atoms with E-state index >= 15 is 0 Å². The molecule has 0 radical (unpaired) electrons. The van der Waals surface area contributed by atoms with Crippen LogP contribution in [0.1, 0.15) is 28.8 Å². The van der Waals surface area contributed by atoms with Crippen molar-refractivity contribution < 1.29 is 9.32 Å². The van der Waals surface area contributed by atoms with Gasteiger partial charge in [-0.05, 0) is 50.9 Å². The van der Waals surface area contributed by atoms with E-state index in [1.807, 2.05) is 53.4 Å². The molecular weight excluding hydrogens is 374 g/mol. The molecule has 1 fully saturated rings. The monoisotopic (exact) mass is 403 g/mol. The van der Waals surface area contributed by atoms with Gasteiger partial charge in [0, 0.05) is 18.7 Å². The van der Waals surface area contributed by atoms with Crippen molar-refractivity contribution >= 4 is 5.91 Å². The van der Waals surface area contributed by atoms with Crippen LogP contribution in [0.3, 0.4) is 0 Å². The summed E-state index contributed by atoms with van der Waals surface area (Å²) in [6, 6.07) is 20.1. The highest BCUT2D eigenvalue weighted by Crippen LogP contribution is 2.25. The number of amides is 1. The van der Waals surface area contributed by atoms with E-state index in [-0.39, 0.29) is 5.91 Å².